The molecule has 2 heteroatoms. The highest BCUT2D eigenvalue weighted by Crippen LogP contribution is 2.23. The smallest absolute Gasteiger partial charge is 0.0306 e. The molecule has 1 N–H and O–H groups in total. The molecule has 2 aromatic rings. The monoisotopic (exact) mass is 315 g/mol. The topological polar surface area (TPSA) is 12.0 Å². The maximum absolute atomic E-state index is 4.14. The van der Waals surface area contributed by atoms with Gasteiger partial charge in [0, 0.05) is 17.1 Å². The van der Waals surface area contributed by atoms with Crippen LogP contribution in [0.15, 0.2) is 65.6 Å². The Morgan fingerprint density at radius 2 is 1.74 bits per heavy atom. The summed E-state index contributed by atoms with van der Waals surface area (Å²) in [6.07, 6.45) is 0. The molecule has 0 aliphatic rings. The zero-order valence-corrected chi connectivity index (χ0v) is 12.7. The van der Waals surface area contributed by atoms with Crippen LogP contribution in [0.1, 0.15) is 24.1 Å². The van der Waals surface area contributed by atoms with Gasteiger partial charge in [0.25, 0.3) is 0 Å². The van der Waals surface area contributed by atoms with Crippen molar-refractivity contribution in [3.8, 4) is 0 Å². The molecule has 98 valence electrons. The zero-order valence-electron chi connectivity index (χ0n) is 11.1. The van der Waals surface area contributed by atoms with Gasteiger partial charge in [0.2, 0.25) is 0 Å². The van der Waals surface area contributed by atoms with E-state index in [1.54, 1.807) is 0 Å². The SMILES string of the molecule is C=C(CN[C@H](C)c1ccccc1Br)c1ccccc1. The van der Waals surface area contributed by atoms with Crippen LogP contribution in [0, 0.1) is 0 Å². The molecule has 0 aliphatic heterocycles. The summed E-state index contributed by atoms with van der Waals surface area (Å²) >= 11 is 3.59. The lowest BCUT2D eigenvalue weighted by Crippen LogP contribution is -2.20. The van der Waals surface area contributed by atoms with Crippen molar-refractivity contribution in [1.82, 2.24) is 5.32 Å². The molecule has 0 fully saturated rings. The van der Waals surface area contributed by atoms with Gasteiger partial charge in [0.1, 0.15) is 0 Å². The van der Waals surface area contributed by atoms with Gasteiger partial charge < -0.3 is 5.32 Å². The van der Waals surface area contributed by atoms with Crippen molar-refractivity contribution >= 4 is 21.5 Å². The number of benzene rings is 2. The molecular weight excluding hydrogens is 298 g/mol. The van der Waals surface area contributed by atoms with E-state index >= 15 is 0 Å². The summed E-state index contributed by atoms with van der Waals surface area (Å²) in [7, 11) is 0. The molecule has 0 amide bonds. The first-order chi connectivity index (χ1) is 9.18. The van der Waals surface area contributed by atoms with E-state index in [4.69, 9.17) is 0 Å². The van der Waals surface area contributed by atoms with E-state index in [0.717, 1.165) is 16.6 Å². The molecule has 1 atom stereocenters. The minimum Gasteiger partial charge on any atom is -0.306 e. The molecule has 0 unspecified atom stereocenters. The maximum atomic E-state index is 4.14. The van der Waals surface area contributed by atoms with Gasteiger partial charge in [-0.3, -0.25) is 0 Å². The first-order valence-corrected chi connectivity index (χ1v) is 7.19. The minimum atomic E-state index is 0.288. The van der Waals surface area contributed by atoms with Crippen LogP contribution in [0.5, 0.6) is 0 Å². The minimum absolute atomic E-state index is 0.288. The Kier molecular flexibility index (Phi) is 4.94. The Bertz CT molecular complexity index is 548. The van der Waals surface area contributed by atoms with Crippen molar-refractivity contribution in [2.75, 3.05) is 6.54 Å². The molecule has 0 spiro atoms. The van der Waals surface area contributed by atoms with Gasteiger partial charge in [-0.25, -0.2) is 0 Å². The second kappa shape index (κ2) is 6.69. The van der Waals surface area contributed by atoms with Crippen molar-refractivity contribution in [2.24, 2.45) is 0 Å². The fraction of sp³-hybridized carbons (Fsp3) is 0.176. The molecule has 0 aromatic heterocycles. The van der Waals surface area contributed by atoms with E-state index in [1.807, 2.05) is 24.3 Å². The number of nitrogens with one attached hydrogen (secondary N) is 1. The van der Waals surface area contributed by atoms with Crippen molar-refractivity contribution in [2.45, 2.75) is 13.0 Å². The summed E-state index contributed by atoms with van der Waals surface area (Å²) < 4.78 is 1.14. The van der Waals surface area contributed by atoms with Crippen LogP contribution in [0.25, 0.3) is 5.57 Å². The predicted molar refractivity (Wildman–Crippen MR) is 86.0 cm³/mol. The summed E-state index contributed by atoms with van der Waals surface area (Å²) in [5.74, 6) is 0. The average Bonchev–Trinajstić information content (AvgIpc) is 2.46. The Balaban J connectivity index is 1.96. The van der Waals surface area contributed by atoms with E-state index in [-0.39, 0.29) is 6.04 Å². The molecule has 0 saturated heterocycles. The second-order valence-corrected chi connectivity index (χ2v) is 5.45. The van der Waals surface area contributed by atoms with Crippen LogP contribution in [0.3, 0.4) is 0 Å². The summed E-state index contributed by atoms with van der Waals surface area (Å²) in [5.41, 5.74) is 3.57. The van der Waals surface area contributed by atoms with Gasteiger partial charge in [-0.2, -0.15) is 0 Å². The summed E-state index contributed by atoms with van der Waals surface area (Å²) in [5, 5.41) is 3.51. The lowest BCUT2D eigenvalue weighted by Gasteiger charge is -2.17. The Morgan fingerprint density at radius 3 is 2.42 bits per heavy atom. The summed E-state index contributed by atoms with van der Waals surface area (Å²) in [6.45, 7) is 7.09. The van der Waals surface area contributed by atoms with Crippen LogP contribution < -0.4 is 5.32 Å². The first-order valence-electron chi connectivity index (χ1n) is 6.39. The number of hydrogen-bond donors (Lipinski definition) is 1. The molecule has 1 nitrogen and oxygen atoms in total. The highest BCUT2D eigenvalue weighted by atomic mass is 79.9. The van der Waals surface area contributed by atoms with Gasteiger partial charge in [-0.1, -0.05) is 71.0 Å². The summed E-state index contributed by atoms with van der Waals surface area (Å²) in [4.78, 5) is 0. The number of rotatable bonds is 5. The average molecular weight is 316 g/mol. The van der Waals surface area contributed by atoms with E-state index in [1.165, 1.54) is 11.1 Å². The molecular formula is C17H18BrN. The lowest BCUT2D eigenvalue weighted by molar-refractivity contribution is 0.620. The molecule has 2 rings (SSSR count). The molecule has 0 bridgehead atoms. The maximum Gasteiger partial charge on any atom is 0.0306 e. The fourth-order valence-corrected chi connectivity index (χ4v) is 2.62. The van der Waals surface area contributed by atoms with Crippen LogP contribution in [-0.2, 0) is 0 Å². The number of hydrogen-bond acceptors (Lipinski definition) is 1. The molecule has 19 heavy (non-hydrogen) atoms. The van der Waals surface area contributed by atoms with E-state index in [0.29, 0.717) is 0 Å². The molecule has 0 radical (unpaired) electrons. The first kappa shape index (κ1) is 14.0. The highest BCUT2D eigenvalue weighted by Gasteiger charge is 2.08. The molecule has 0 aliphatic carbocycles. The normalized spacial score (nSPS) is 12.1. The van der Waals surface area contributed by atoms with Crippen LogP contribution >= 0.6 is 15.9 Å². The van der Waals surface area contributed by atoms with Gasteiger partial charge >= 0.3 is 0 Å². The standard InChI is InChI=1S/C17H18BrN/c1-13(15-8-4-3-5-9-15)12-19-14(2)16-10-6-7-11-17(16)18/h3-11,14,19H,1,12H2,2H3/t14-/m1/s1. The van der Waals surface area contributed by atoms with E-state index in [2.05, 4.69) is 65.1 Å². The third-order valence-electron chi connectivity index (χ3n) is 3.18. The van der Waals surface area contributed by atoms with Crippen molar-refractivity contribution in [3.63, 3.8) is 0 Å². The van der Waals surface area contributed by atoms with Crippen LogP contribution in [-0.4, -0.2) is 6.54 Å². The van der Waals surface area contributed by atoms with Crippen molar-refractivity contribution in [3.05, 3.63) is 76.8 Å². The van der Waals surface area contributed by atoms with Crippen molar-refractivity contribution < 1.29 is 0 Å². The molecule has 0 heterocycles. The highest BCUT2D eigenvalue weighted by molar-refractivity contribution is 9.10. The van der Waals surface area contributed by atoms with E-state index < -0.39 is 0 Å². The predicted octanol–water partition coefficient (Wildman–Crippen LogP) is 4.81. The van der Waals surface area contributed by atoms with E-state index in [9.17, 15) is 0 Å². The van der Waals surface area contributed by atoms with Gasteiger partial charge in [0.05, 0.1) is 0 Å². The lowest BCUT2D eigenvalue weighted by atomic mass is 10.1. The largest absolute Gasteiger partial charge is 0.306 e. The second-order valence-electron chi connectivity index (χ2n) is 4.59. The summed E-state index contributed by atoms with van der Waals surface area (Å²) in [6, 6.07) is 18.9. The Hall–Kier alpha value is -1.38. The van der Waals surface area contributed by atoms with Crippen LogP contribution in [0.4, 0.5) is 0 Å². The molecule has 0 saturated carbocycles. The van der Waals surface area contributed by atoms with Gasteiger partial charge in [0.15, 0.2) is 0 Å². The third kappa shape index (κ3) is 3.79. The quantitative estimate of drug-likeness (QED) is 0.834. The van der Waals surface area contributed by atoms with Gasteiger partial charge in [-0.05, 0) is 29.7 Å². The van der Waals surface area contributed by atoms with Crippen LogP contribution in [0.2, 0.25) is 0 Å². The Morgan fingerprint density at radius 1 is 1.11 bits per heavy atom. The fourth-order valence-electron chi connectivity index (χ4n) is 1.99. The van der Waals surface area contributed by atoms with Crippen molar-refractivity contribution in [1.29, 1.82) is 0 Å². The van der Waals surface area contributed by atoms with Gasteiger partial charge in [-0.15, -0.1) is 0 Å². The molecule has 2 aromatic carbocycles. The number of halogens is 1. The zero-order chi connectivity index (χ0) is 13.7. The third-order valence-corrected chi connectivity index (χ3v) is 3.90. The Labute approximate surface area is 123 Å².